The molecular weight excluding hydrogens is 265 g/mol. The van der Waals surface area contributed by atoms with Gasteiger partial charge in [-0.15, -0.1) is 0 Å². The number of hydrogen-bond acceptors (Lipinski definition) is 3. The minimum absolute atomic E-state index is 0.275. The molecule has 2 aromatic rings. The molecular formula is C10H5BrFNO2. The van der Waals surface area contributed by atoms with Crippen molar-refractivity contribution in [3.63, 3.8) is 0 Å². The summed E-state index contributed by atoms with van der Waals surface area (Å²) in [6.45, 7) is 0. The third-order valence-corrected chi connectivity index (χ3v) is 2.49. The van der Waals surface area contributed by atoms with Crippen molar-refractivity contribution in [2.45, 2.75) is 0 Å². The van der Waals surface area contributed by atoms with Gasteiger partial charge in [-0.05, 0) is 40.2 Å². The van der Waals surface area contributed by atoms with Crippen LogP contribution in [0.4, 0.5) is 4.39 Å². The molecule has 5 heteroatoms. The highest BCUT2D eigenvalue weighted by Gasteiger charge is 2.14. The van der Waals surface area contributed by atoms with Crippen molar-refractivity contribution in [3.8, 4) is 11.3 Å². The highest BCUT2D eigenvalue weighted by molar-refractivity contribution is 9.10. The van der Waals surface area contributed by atoms with Crippen LogP contribution in [0.5, 0.6) is 0 Å². The molecule has 3 nitrogen and oxygen atoms in total. The van der Waals surface area contributed by atoms with Crippen molar-refractivity contribution in [1.82, 2.24) is 5.16 Å². The summed E-state index contributed by atoms with van der Waals surface area (Å²) in [4.78, 5) is 10.7. The zero-order chi connectivity index (χ0) is 10.8. The average molecular weight is 270 g/mol. The molecule has 0 fully saturated rings. The van der Waals surface area contributed by atoms with Crippen molar-refractivity contribution < 1.29 is 13.7 Å². The third-order valence-electron chi connectivity index (χ3n) is 1.92. The predicted molar refractivity (Wildman–Crippen MR) is 55.0 cm³/mol. The van der Waals surface area contributed by atoms with E-state index in [-0.39, 0.29) is 10.5 Å². The number of halogens is 2. The van der Waals surface area contributed by atoms with Crippen molar-refractivity contribution in [2.24, 2.45) is 0 Å². The Bertz CT molecular complexity index is 493. The second kappa shape index (κ2) is 3.94. The van der Waals surface area contributed by atoms with E-state index in [4.69, 9.17) is 4.52 Å². The highest BCUT2D eigenvalue weighted by Crippen LogP contribution is 2.27. The molecule has 0 saturated carbocycles. The molecule has 1 aromatic heterocycles. The Kier molecular flexibility index (Phi) is 2.64. The summed E-state index contributed by atoms with van der Waals surface area (Å²) < 4.78 is 17.8. The maximum absolute atomic E-state index is 12.7. The van der Waals surface area contributed by atoms with Crippen LogP contribution in [-0.4, -0.2) is 11.4 Å². The number of aromatic nitrogens is 1. The number of rotatable bonds is 2. The van der Waals surface area contributed by atoms with E-state index < -0.39 is 0 Å². The van der Waals surface area contributed by atoms with Crippen molar-refractivity contribution in [1.29, 1.82) is 0 Å². The van der Waals surface area contributed by atoms with Gasteiger partial charge < -0.3 is 4.52 Å². The molecule has 0 aliphatic carbocycles. The molecule has 0 spiro atoms. The summed E-state index contributed by atoms with van der Waals surface area (Å²) in [5, 5.41) is 3.71. The van der Waals surface area contributed by atoms with Gasteiger partial charge in [0.2, 0.25) is 4.67 Å². The number of hydrogen-bond donors (Lipinski definition) is 0. The second-order valence-electron chi connectivity index (χ2n) is 2.84. The first kappa shape index (κ1) is 10.0. The summed E-state index contributed by atoms with van der Waals surface area (Å²) in [7, 11) is 0. The first-order chi connectivity index (χ1) is 7.22. The van der Waals surface area contributed by atoms with Gasteiger partial charge in [0.05, 0.1) is 5.56 Å². The van der Waals surface area contributed by atoms with Crippen LogP contribution in [0.15, 0.2) is 33.5 Å². The van der Waals surface area contributed by atoms with Gasteiger partial charge in [0.15, 0.2) is 6.29 Å². The first-order valence-corrected chi connectivity index (χ1v) is 4.88. The fraction of sp³-hybridized carbons (Fsp3) is 0. The lowest BCUT2D eigenvalue weighted by molar-refractivity contribution is 0.112. The number of carbonyl (C=O) groups excluding carboxylic acids is 1. The summed E-state index contributed by atoms with van der Waals surface area (Å²) in [5.41, 5.74) is 1.35. The van der Waals surface area contributed by atoms with Crippen molar-refractivity contribution >= 4 is 22.2 Å². The molecule has 2 rings (SSSR count). The smallest absolute Gasteiger partial charge is 0.213 e. The molecule has 1 aromatic carbocycles. The largest absolute Gasteiger partial charge is 0.348 e. The molecule has 0 radical (unpaired) electrons. The Morgan fingerprint density at radius 3 is 2.60 bits per heavy atom. The number of carbonyl (C=O) groups is 1. The fourth-order valence-corrected chi connectivity index (χ4v) is 1.55. The van der Waals surface area contributed by atoms with E-state index in [1.165, 1.54) is 24.3 Å². The van der Waals surface area contributed by atoms with Crippen LogP contribution < -0.4 is 0 Å². The average Bonchev–Trinajstić information content (AvgIpc) is 2.61. The van der Waals surface area contributed by atoms with E-state index in [9.17, 15) is 9.18 Å². The third kappa shape index (κ3) is 1.83. The van der Waals surface area contributed by atoms with Crippen LogP contribution in [0.25, 0.3) is 11.3 Å². The highest BCUT2D eigenvalue weighted by atomic mass is 79.9. The fourth-order valence-electron chi connectivity index (χ4n) is 1.20. The summed E-state index contributed by atoms with van der Waals surface area (Å²) in [6.07, 6.45) is 0.638. The molecule has 0 aliphatic rings. The van der Waals surface area contributed by atoms with Crippen molar-refractivity contribution in [2.75, 3.05) is 0 Å². The van der Waals surface area contributed by atoms with E-state index in [2.05, 4.69) is 21.1 Å². The van der Waals surface area contributed by atoms with Crippen LogP contribution in [0.1, 0.15) is 10.4 Å². The summed E-state index contributed by atoms with van der Waals surface area (Å²) >= 11 is 3.05. The van der Waals surface area contributed by atoms with E-state index in [1.807, 2.05) is 0 Å². The second-order valence-corrected chi connectivity index (χ2v) is 3.56. The minimum atomic E-state index is -0.339. The SMILES string of the molecule is O=Cc1c(-c2ccc(F)cc2)noc1Br. The Morgan fingerprint density at radius 1 is 1.33 bits per heavy atom. The van der Waals surface area contributed by atoms with Crippen LogP contribution in [-0.2, 0) is 0 Å². The van der Waals surface area contributed by atoms with Gasteiger partial charge in [-0.2, -0.15) is 0 Å². The lowest BCUT2D eigenvalue weighted by Crippen LogP contribution is -1.85. The van der Waals surface area contributed by atoms with Crippen molar-refractivity contribution in [3.05, 3.63) is 40.3 Å². The molecule has 0 unspecified atom stereocenters. The molecule has 0 saturated heterocycles. The monoisotopic (exact) mass is 269 g/mol. The molecule has 0 bridgehead atoms. The van der Waals surface area contributed by atoms with Gasteiger partial charge in [0.1, 0.15) is 11.5 Å². The van der Waals surface area contributed by atoms with Crippen LogP contribution in [0.2, 0.25) is 0 Å². The van der Waals surface area contributed by atoms with Crippen LogP contribution in [0, 0.1) is 5.82 Å². The van der Waals surface area contributed by atoms with Crippen LogP contribution >= 0.6 is 15.9 Å². The van der Waals surface area contributed by atoms with Gasteiger partial charge in [-0.3, -0.25) is 4.79 Å². The number of benzene rings is 1. The zero-order valence-electron chi connectivity index (χ0n) is 7.41. The predicted octanol–water partition coefficient (Wildman–Crippen LogP) is 3.06. The molecule has 15 heavy (non-hydrogen) atoms. The molecule has 0 amide bonds. The maximum Gasteiger partial charge on any atom is 0.213 e. The van der Waals surface area contributed by atoms with Gasteiger partial charge in [-0.25, -0.2) is 4.39 Å². The van der Waals surface area contributed by atoms with Crippen LogP contribution in [0.3, 0.4) is 0 Å². The van der Waals surface area contributed by atoms with E-state index in [0.717, 1.165) is 0 Å². The zero-order valence-corrected chi connectivity index (χ0v) is 8.99. The lowest BCUT2D eigenvalue weighted by atomic mass is 10.1. The molecule has 0 atom stereocenters. The quantitative estimate of drug-likeness (QED) is 0.787. The summed E-state index contributed by atoms with van der Waals surface area (Å²) in [5.74, 6) is -0.339. The van der Waals surface area contributed by atoms with E-state index in [1.54, 1.807) is 0 Å². The lowest BCUT2D eigenvalue weighted by Gasteiger charge is -1.95. The van der Waals surface area contributed by atoms with E-state index in [0.29, 0.717) is 23.1 Å². The maximum atomic E-state index is 12.7. The number of aldehydes is 1. The molecule has 76 valence electrons. The molecule has 1 heterocycles. The normalized spacial score (nSPS) is 10.3. The topological polar surface area (TPSA) is 43.1 Å². The summed E-state index contributed by atoms with van der Waals surface area (Å²) in [6, 6.07) is 5.66. The van der Waals surface area contributed by atoms with Gasteiger partial charge >= 0.3 is 0 Å². The Balaban J connectivity index is 2.53. The molecule has 0 N–H and O–H groups in total. The minimum Gasteiger partial charge on any atom is -0.348 e. The van der Waals surface area contributed by atoms with Gasteiger partial charge in [0.25, 0.3) is 0 Å². The Labute approximate surface area is 93.0 Å². The number of nitrogens with zero attached hydrogens (tertiary/aromatic N) is 1. The van der Waals surface area contributed by atoms with Gasteiger partial charge in [0, 0.05) is 5.56 Å². The Hall–Kier alpha value is -1.49. The molecule has 0 aliphatic heterocycles. The standard InChI is InChI=1S/C10H5BrFNO2/c11-10-8(5-14)9(13-15-10)6-1-3-7(12)4-2-6/h1-5H. The Morgan fingerprint density at radius 2 is 2.00 bits per heavy atom. The first-order valence-electron chi connectivity index (χ1n) is 4.08. The van der Waals surface area contributed by atoms with Gasteiger partial charge in [-0.1, -0.05) is 5.16 Å². The van der Waals surface area contributed by atoms with E-state index >= 15 is 0 Å².